The first-order chi connectivity index (χ1) is 10.7. The summed E-state index contributed by atoms with van der Waals surface area (Å²) in [6.07, 6.45) is 3.13. The third-order valence-electron chi connectivity index (χ3n) is 3.69. The van der Waals surface area contributed by atoms with Crippen LogP contribution in [0.25, 0.3) is 11.3 Å². The SMILES string of the molecule is CCc1ccc(-c2nc(CCNCCCOC)sc2C)cc1. The molecule has 0 bridgehead atoms. The molecule has 1 aromatic heterocycles. The van der Waals surface area contributed by atoms with Gasteiger partial charge in [-0.2, -0.15) is 0 Å². The van der Waals surface area contributed by atoms with Gasteiger partial charge in [0.15, 0.2) is 0 Å². The van der Waals surface area contributed by atoms with Crippen LogP contribution < -0.4 is 5.32 Å². The molecular formula is C18H26N2OS. The van der Waals surface area contributed by atoms with Crippen LogP contribution in [0.15, 0.2) is 24.3 Å². The van der Waals surface area contributed by atoms with Crippen LogP contribution in [0.3, 0.4) is 0 Å². The zero-order valence-corrected chi connectivity index (χ0v) is 14.6. The van der Waals surface area contributed by atoms with E-state index in [2.05, 4.69) is 43.4 Å². The number of methoxy groups -OCH3 is 1. The van der Waals surface area contributed by atoms with Gasteiger partial charge in [-0.05, 0) is 31.9 Å². The lowest BCUT2D eigenvalue weighted by Crippen LogP contribution is -2.19. The summed E-state index contributed by atoms with van der Waals surface area (Å²) in [5.74, 6) is 0. The number of aromatic nitrogens is 1. The van der Waals surface area contributed by atoms with Gasteiger partial charge in [-0.3, -0.25) is 0 Å². The Hall–Kier alpha value is -1.23. The lowest BCUT2D eigenvalue weighted by atomic mass is 10.1. The van der Waals surface area contributed by atoms with E-state index < -0.39 is 0 Å². The molecule has 0 radical (unpaired) electrons. The van der Waals surface area contributed by atoms with E-state index in [0.29, 0.717) is 0 Å². The summed E-state index contributed by atoms with van der Waals surface area (Å²) in [7, 11) is 1.74. The van der Waals surface area contributed by atoms with Gasteiger partial charge in [-0.25, -0.2) is 4.98 Å². The quantitative estimate of drug-likeness (QED) is 0.713. The molecule has 4 heteroatoms. The van der Waals surface area contributed by atoms with E-state index in [4.69, 9.17) is 9.72 Å². The zero-order chi connectivity index (χ0) is 15.8. The predicted octanol–water partition coefficient (Wildman–Crippen LogP) is 3.85. The molecule has 120 valence electrons. The number of benzene rings is 1. The fourth-order valence-electron chi connectivity index (χ4n) is 2.39. The second-order valence-electron chi connectivity index (χ2n) is 5.41. The maximum atomic E-state index is 5.04. The molecule has 22 heavy (non-hydrogen) atoms. The molecule has 1 aromatic carbocycles. The highest BCUT2D eigenvalue weighted by molar-refractivity contribution is 7.12. The standard InChI is InChI=1S/C18H26N2OS/c1-4-15-6-8-16(9-7-15)18-14(2)22-17(20-18)10-12-19-11-5-13-21-3/h6-9,19H,4-5,10-13H2,1-3H3. The van der Waals surface area contributed by atoms with E-state index in [9.17, 15) is 0 Å². The van der Waals surface area contributed by atoms with E-state index in [1.54, 1.807) is 7.11 Å². The molecule has 0 unspecified atom stereocenters. The molecule has 0 aliphatic heterocycles. The van der Waals surface area contributed by atoms with Crippen molar-refractivity contribution in [2.45, 2.75) is 33.1 Å². The summed E-state index contributed by atoms with van der Waals surface area (Å²) in [6, 6.07) is 8.78. The lowest BCUT2D eigenvalue weighted by molar-refractivity contribution is 0.194. The number of ether oxygens (including phenoxy) is 1. The first-order valence-electron chi connectivity index (χ1n) is 8.00. The van der Waals surface area contributed by atoms with Gasteiger partial charge >= 0.3 is 0 Å². The van der Waals surface area contributed by atoms with Crippen LogP contribution in [0.1, 0.15) is 28.8 Å². The molecule has 2 aromatic rings. The van der Waals surface area contributed by atoms with Crippen molar-refractivity contribution in [3.05, 3.63) is 39.7 Å². The summed E-state index contributed by atoms with van der Waals surface area (Å²) >= 11 is 1.81. The molecule has 0 atom stereocenters. The van der Waals surface area contributed by atoms with Crippen molar-refractivity contribution < 1.29 is 4.74 Å². The van der Waals surface area contributed by atoms with E-state index >= 15 is 0 Å². The van der Waals surface area contributed by atoms with E-state index in [-0.39, 0.29) is 0 Å². The smallest absolute Gasteiger partial charge is 0.0948 e. The van der Waals surface area contributed by atoms with Gasteiger partial charge in [0.05, 0.1) is 10.7 Å². The normalized spacial score (nSPS) is 11.0. The maximum Gasteiger partial charge on any atom is 0.0948 e. The first kappa shape index (κ1) is 17.1. The van der Waals surface area contributed by atoms with Gasteiger partial charge in [0.1, 0.15) is 0 Å². The molecule has 0 fully saturated rings. The fraction of sp³-hybridized carbons (Fsp3) is 0.500. The van der Waals surface area contributed by atoms with Crippen LogP contribution >= 0.6 is 11.3 Å². The van der Waals surface area contributed by atoms with Crippen molar-refractivity contribution in [3.8, 4) is 11.3 Å². The Bertz CT molecular complexity index is 563. The Labute approximate surface area is 137 Å². The molecule has 3 nitrogen and oxygen atoms in total. The van der Waals surface area contributed by atoms with E-state index in [1.807, 2.05) is 11.3 Å². The number of nitrogens with one attached hydrogen (secondary N) is 1. The van der Waals surface area contributed by atoms with Crippen molar-refractivity contribution in [1.82, 2.24) is 10.3 Å². The minimum Gasteiger partial charge on any atom is -0.385 e. The third kappa shape index (κ3) is 4.90. The van der Waals surface area contributed by atoms with Gasteiger partial charge in [-0.1, -0.05) is 31.2 Å². The highest BCUT2D eigenvalue weighted by atomic mass is 32.1. The van der Waals surface area contributed by atoms with Gasteiger partial charge in [0.2, 0.25) is 0 Å². The van der Waals surface area contributed by atoms with Crippen LogP contribution in [-0.4, -0.2) is 31.8 Å². The molecule has 0 aliphatic rings. The average molecular weight is 318 g/mol. The Balaban J connectivity index is 1.90. The molecule has 0 saturated carbocycles. The summed E-state index contributed by atoms with van der Waals surface area (Å²) in [6.45, 7) is 7.15. The average Bonchev–Trinajstić information content (AvgIpc) is 2.91. The number of hydrogen-bond donors (Lipinski definition) is 1. The Morgan fingerprint density at radius 2 is 1.95 bits per heavy atom. The summed E-state index contributed by atoms with van der Waals surface area (Å²) < 4.78 is 5.04. The van der Waals surface area contributed by atoms with Gasteiger partial charge in [-0.15, -0.1) is 11.3 Å². The fourth-order valence-corrected chi connectivity index (χ4v) is 3.34. The monoisotopic (exact) mass is 318 g/mol. The predicted molar refractivity (Wildman–Crippen MR) is 94.7 cm³/mol. The molecular weight excluding hydrogens is 292 g/mol. The Morgan fingerprint density at radius 1 is 1.18 bits per heavy atom. The minimum atomic E-state index is 0.821. The van der Waals surface area contributed by atoms with E-state index in [1.165, 1.54) is 21.0 Å². The Morgan fingerprint density at radius 3 is 2.64 bits per heavy atom. The second-order valence-corrected chi connectivity index (χ2v) is 6.70. The number of rotatable bonds is 9. The van der Waals surface area contributed by atoms with Gasteiger partial charge in [0.25, 0.3) is 0 Å². The van der Waals surface area contributed by atoms with Gasteiger partial charge in [0, 0.05) is 37.1 Å². The number of thiazole rings is 1. The molecule has 1 N–H and O–H groups in total. The first-order valence-corrected chi connectivity index (χ1v) is 8.81. The lowest BCUT2D eigenvalue weighted by Gasteiger charge is -2.02. The number of hydrogen-bond acceptors (Lipinski definition) is 4. The highest BCUT2D eigenvalue weighted by Gasteiger charge is 2.09. The largest absolute Gasteiger partial charge is 0.385 e. The topological polar surface area (TPSA) is 34.2 Å². The van der Waals surface area contributed by atoms with Crippen LogP contribution in [0.4, 0.5) is 0 Å². The third-order valence-corrected chi connectivity index (χ3v) is 4.72. The van der Waals surface area contributed by atoms with Crippen molar-refractivity contribution >= 4 is 11.3 Å². The molecule has 1 heterocycles. The van der Waals surface area contributed by atoms with Gasteiger partial charge < -0.3 is 10.1 Å². The summed E-state index contributed by atoms with van der Waals surface area (Å²) in [5.41, 5.74) is 3.74. The summed E-state index contributed by atoms with van der Waals surface area (Å²) in [4.78, 5) is 6.13. The van der Waals surface area contributed by atoms with Crippen molar-refractivity contribution in [3.63, 3.8) is 0 Å². The minimum absolute atomic E-state index is 0.821. The highest BCUT2D eigenvalue weighted by Crippen LogP contribution is 2.28. The molecule has 0 aliphatic carbocycles. The molecule has 0 spiro atoms. The molecule has 2 rings (SSSR count). The van der Waals surface area contributed by atoms with Crippen LogP contribution in [-0.2, 0) is 17.6 Å². The van der Waals surface area contributed by atoms with Crippen LogP contribution in [0.2, 0.25) is 0 Å². The van der Waals surface area contributed by atoms with Crippen molar-refractivity contribution in [1.29, 1.82) is 0 Å². The van der Waals surface area contributed by atoms with Crippen LogP contribution in [0, 0.1) is 6.92 Å². The molecule has 0 amide bonds. The second kappa shape index (κ2) is 9.03. The number of aryl methyl sites for hydroxylation is 2. The van der Waals surface area contributed by atoms with Crippen molar-refractivity contribution in [2.75, 3.05) is 26.8 Å². The van der Waals surface area contributed by atoms with E-state index in [0.717, 1.165) is 44.7 Å². The Kier molecular flexibility index (Phi) is 7.03. The summed E-state index contributed by atoms with van der Waals surface area (Å²) in [5, 5.41) is 4.65. The van der Waals surface area contributed by atoms with Crippen LogP contribution in [0.5, 0.6) is 0 Å². The zero-order valence-electron chi connectivity index (χ0n) is 13.8. The molecule has 0 saturated heterocycles. The van der Waals surface area contributed by atoms with Crippen molar-refractivity contribution in [2.24, 2.45) is 0 Å². The number of nitrogens with zero attached hydrogens (tertiary/aromatic N) is 1. The maximum absolute atomic E-state index is 5.04.